The standard InChI is InChI=1S/C46H30N6/c1-4-12-31(13-5-1)32-21-23-35(24-22-32)45-50-44(34-16-8-3-9-17-34)51-46(52-45)38-19-10-18-36(28-38)37-25-26-40-41(29-37)49-43(39-20-11-27-47-30-39)42(48-40)33-14-6-2-7-15-33/h1-30H. The molecule has 0 radical (unpaired) electrons. The van der Waals surface area contributed by atoms with Crippen molar-refractivity contribution < 1.29 is 0 Å². The highest BCUT2D eigenvalue weighted by Gasteiger charge is 2.16. The van der Waals surface area contributed by atoms with Crippen LogP contribution in [0.15, 0.2) is 182 Å². The lowest BCUT2D eigenvalue weighted by Gasteiger charge is -2.12. The van der Waals surface area contributed by atoms with E-state index in [1.165, 1.54) is 0 Å². The zero-order valence-corrected chi connectivity index (χ0v) is 28.0. The van der Waals surface area contributed by atoms with E-state index in [0.29, 0.717) is 17.5 Å². The minimum atomic E-state index is 0.602. The molecule has 0 unspecified atom stereocenters. The number of aromatic nitrogens is 6. The van der Waals surface area contributed by atoms with Gasteiger partial charge in [0.15, 0.2) is 17.5 Å². The monoisotopic (exact) mass is 666 g/mol. The Morgan fingerprint density at radius 3 is 1.40 bits per heavy atom. The third-order valence-electron chi connectivity index (χ3n) is 9.02. The number of benzene rings is 6. The van der Waals surface area contributed by atoms with Crippen LogP contribution in [-0.2, 0) is 0 Å². The van der Waals surface area contributed by atoms with Gasteiger partial charge in [-0.2, -0.15) is 0 Å². The predicted molar refractivity (Wildman–Crippen MR) is 209 cm³/mol. The van der Waals surface area contributed by atoms with E-state index in [1.54, 1.807) is 6.20 Å². The molecule has 3 heterocycles. The fourth-order valence-corrected chi connectivity index (χ4v) is 6.37. The first-order valence-electron chi connectivity index (χ1n) is 17.1. The highest BCUT2D eigenvalue weighted by atomic mass is 15.0. The molecule has 3 aromatic heterocycles. The molecule has 6 heteroatoms. The van der Waals surface area contributed by atoms with Gasteiger partial charge in [-0.05, 0) is 52.6 Å². The van der Waals surface area contributed by atoms with Crippen LogP contribution < -0.4 is 0 Å². The SMILES string of the molecule is c1ccc(-c2ccc(-c3nc(-c4ccccc4)nc(-c4cccc(-c5ccc6nc(-c7ccccc7)c(-c7cccnc7)nc6c5)c4)n3)cc2)cc1. The molecular weight excluding hydrogens is 637 g/mol. The number of fused-ring (bicyclic) bond motifs is 1. The minimum Gasteiger partial charge on any atom is -0.264 e. The lowest BCUT2D eigenvalue weighted by atomic mass is 10.0. The summed E-state index contributed by atoms with van der Waals surface area (Å²) in [5.74, 6) is 1.84. The number of hydrogen-bond acceptors (Lipinski definition) is 6. The van der Waals surface area contributed by atoms with Crippen molar-refractivity contribution in [2.45, 2.75) is 0 Å². The van der Waals surface area contributed by atoms with Gasteiger partial charge in [0.2, 0.25) is 0 Å². The summed E-state index contributed by atoms with van der Waals surface area (Å²) in [5.41, 5.74) is 12.2. The van der Waals surface area contributed by atoms with Gasteiger partial charge in [0.1, 0.15) is 0 Å². The van der Waals surface area contributed by atoms with Crippen molar-refractivity contribution in [3.8, 4) is 78.9 Å². The molecule has 0 N–H and O–H groups in total. The van der Waals surface area contributed by atoms with Gasteiger partial charge in [0, 0.05) is 40.2 Å². The maximum Gasteiger partial charge on any atom is 0.164 e. The normalized spacial score (nSPS) is 11.1. The Labute approximate surface area is 301 Å². The summed E-state index contributed by atoms with van der Waals surface area (Å²) in [4.78, 5) is 29.6. The van der Waals surface area contributed by atoms with Crippen molar-refractivity contribution >= 4 is 11.0 Å². The van der Waals surface area contributed by atoms with E-state index >= 15 is 0 Å². The van der Waals surface area contributed by atoms with E-state index in [9.17, 15) is 0 Å². The maximum absolute atomic E-state index is 5.17. The zero-order valence-electron chi connectivity index (χ0n) is 28.0. The van der Waals surface area contributed by atoms with Gasteiger partial charge < -0.3 is 0 Å². The number of rotatable bonds is 7. The quantitative estimate of drug-likeness (QED) is 0.168. The van der Waals surface area contributed by atoms with E-state index in [2.05, 4.69) is 89.9 Å². The van der Waals surface area contributed by atoms with Gasteiger partial charge in [-0.3, -0.25) is 4.98 Å². The first-order valence-corrected chi connectivity index (χ1v) is 17.1. The van der Waals surface area contributed by atoms with Crippen LogP contribution in [0.1, 0.15) is 0 Å². The third-order valence-corrected chi connectivity index (χ3v) is 9.02. The maximum atomic E-state index is 5.17. The first-order chi connectivity index (χ1) is 25.7. The Kier molecular flexibility index (Phi) is 8.08. The third kappa shape index (κ3) is 6.21. The van der Waals surface area contributed by atoms with Crippen LogP contribution in [0.2, 0.25) is 0 Å². The fraction of sp³-hybridized carbons (Fsp3) is 0. The molecule has 0 aliphatic carbocycles. The van der Waals surface area contributed by atoms with Crippen LogP contribution in [-0.4, -0.2) is 29.9 Å². The molecule has 6 aromatic carbocycles. The Morgan fingerprint density at radius 1 is 0.269 bits per heavy atom. The lowest BCUT2D eigenvalue weighted by molar-refractivity contribution is 1.07. The molecule has 0 atom stereocenters. The van der Waals surface area contributed by atoms with Crippen molar-refractivity contribution in [2.75, 3.05) is 0 Å². The lowest BCUT2D eigenvalue weighted by Crippen LogP contribution is -2.00. The van der Waals surface area contributed by atoms with Gasteiger partial charge in [0.05, 0.1) is 22.4 Å². The molecular formula is C46H30N6. The molecule has 9 aromatic rings. The van der Waals surface area contributed by atoms with Crippen molar-refractivity contribution in [3.63, 3.8) is 0 Å². The summed E-state index contributed by atoms with van der Waals surface area (Å²) in [6.45, 7) is 0. The fourth-order valence-electron chi connectivity index (χ4n) is 6.37. The smallest absolute Gasteiger partial charge is 0.164 e. The number of hydrogen-bond donors (Lipinski definition) is 0. The number of nitrogens with zero attached hydrogens (tertiary/aromatic N) is 6. The second-order valence-electron chi connectivity index (χ2n) is 12.4. The van der Waals surface area contributed by atoms with Gasteiger partial charge >= 0.3 is 0 Å². The molecule has 52 heavy (non-hydrogen) atoms. The second-order valence-corrected chi connectivity index (χ2v) is 12.4. The Bertz CT molecular complexity index is 2650. The molecule has 0 aliphatic heterocycles. The predicted octanol–water partition coefficient (Wildman–Crippen LogP) is 10.9. The van der Waals surface area contributed by atoms with Crippen LogP contribution in [0.4, 0.5) is 0 Å². The van der Waals surface area contributed by atoms with E-state index < -0.39 is 0 Å². The minimum absolute atomic E-state index is 0.602. The number of pyridine rings is 1. The topological polar surface area (TPSA) is 77.3 Å². The molecule has 0 saturated carbocycles. The highest BCUT2D eigenvalue weighted by Crippen LogP contribution is 2.34. The molecule has 0 saturated heterocycles. The Balaban J connectivity index is 1.12. The summed E-state index contributed by atoms with van der Waals surface area (Å²) < 4.78 is 0. The largest absolute Gasteiger partial charge is 0.264 e. The molecule has 0 bridgehead atoms. The average Bonchev–Trinajstić information content (AvgIpc) is 3.24. The van der Waals surface area contributed by atoms with Gasteiger partial charge in [-0.15, -0.1) is 0 Å². The molecule has 0 amide bonds. The van der Waals surface area contributed by atoms with Crippen LogP contribution >= 0.6 is 0 Å². The van der Waals surface area contributed by atoms with Crippen molar-refractivity contribution in [1.82, 2.24) is 29.9 Å². The van der Waals surface area contributed by atoms with Crippen LogP contribution in [0.3, 0.4) is 0 Å². The van der Waals surface area contributed by atoms with Crippen LogP contribution in [0.5, 0.6) is 0 Å². The van der Waals surface area contributed by atoms with Crippen molar-refractivity contribution in [1.29, 1.82) is 0 Å². The Morgan fingerprint density at radius 2 is 0.731 bits per heavy atom. The average molecular weight is 667 g/mol. The van der Waals surface area contributed by atoms with E-state index in [0.717, 1.165) is 72.5 Å². The van der Waals surface area contributed by atoms with Crippen molar-refractivity contribution in [3.05, 3.63) is 182 Å². The second kappa shape index (κ2) is 13.6. The molecule has 0 fully saturated rings. The van der Waals surface area contributed by atoms with E-state index in [1.807, 2.05) is 91.1 Å². The van der Waals surface area contributed by atoms with Crippen LogP contribution in [0.25, 0.3) is 90.0 Å². The molecule has 0 spiro atoms. The van der Waals surface area contributed by atoms with E-state index in [-0.39, 0.29) is 0 Å². The summed E-state index contributed by atoms with van der Waals surface area (Å²) in [7, 11) is 0. The highest BCUT2D eigenvalue weighted by molar-refractivity contribution is 5.89. The van der Waals surface area contributed by atoms with E-state index in [4.69, 9.17) is 24.9 Å². The molecule has 9 rings (SSSR count). The zero-order chi connectivity index (χ0) is 34.7. The first kappa shape index (κ1) is 30.8. The summed E-state index contributed by atoms with van der Waals surface area (Å²) in [6, 6.07) is 57.4. The van der Waals surface area contributed by atoms with Crippen LogP contribution in [0, 0.1) is 0 Å². The summed E-state index contributed by atoms with van der Waals surface area (Å²) in [6.07, 6.45) is 3.60. The molecule has 6 nitrogen and oxygen atoms in total. The van der Waals surface area contributed by atoms with Gasteiger partial charge in [-0.25, -0.2) is 24.9 Å². The summed E-state index contributed by atoms with van der Waals surface area (Å²) >= 11 is 0. The van der Waals surface area contributed by atoms with Gasteiger partial charge in [-0.1, -0.05) is 140 Å². The molecule has 0 aliphatic rings. The molecule has 244 valence electrons. The van der Waals surface area contributed by atoms with Gasteiger partial charge in [0.25, 0.3) is 0 Å². The van der Waals surface area contributed by atoms with Crippen molar-refractivity contribution in [2.24, 2.45) is 0 Å². The Hall–Kier alpha value is -7.18. The summed E-state index contributed by atoms with van der Waals surface area (Å²) in [5, 5.41) is 0.